The summed E-state index contributed by atoms with van der Waals surface area (Å²) in [5, 5.41) is 3.26. The molecule has 0 saturated carbocycles. The van der Waals surface area contributed by atoms with Gasteiger partial charge in [-0.2, -0.15) is 0 Å². The van der Waals surface area contributed by atoms with E-state index in [4.69, 9.17) is 33.3 Å². The second-order valence-corrected chi connectivity index (χ2v) is 9.44. The van der Waals surface area contributed by atoms with Crippen molar-refractivity contribution in [2.75, 3.05) is 23.4 Å². The summed E-state index contributed by atoms with van der Waals surface area (Å²) in [7, 11) is 0. The highest BCUT2D eigenvalue weighted by Gasteiger charge is 2.33. The van der Waals surface area contributed by atoms with Gasteiger partial charge in [-0.05, 0) is 61.5 Å². The van der Waals surface area contributed by atoms with Gasteiger partial charge in [0.2, 0.25) is 0 Å². The number of nitrogens with one attached hydrogen (secondary N) is 1. The molecule has 1 heterocycles. The molecule has 178 valence electrons. The van der Waals surface area contributed by atoms with Gasteiger partial charge in [0.25, 0.3) is 11.8 Å². The number of thiocarbonyl (C=S) groups is 1. The van der Waals surface area contributed by atoms with Crippen molar-refractivity contribution in [1.82, 2.24) is 0 Å². The minimum Gasteiger partial charge on any atom is -0.494 e. The molecule has 6 nitrogen and oxygen atoms in total. The maximum absolute atomic E-state index is 13.1. The minimum absolute atomic E-state index is 0.204. The maximum Gasteiger partial charge on any atom is 0.270 e. The largest absolute Gasteiger partial charge is 0.494 e. The number of para-hydroxylation sites is 1. The molecule has 0 aromatic heterocycles. The number of carbonyl (C=O) groups excluding carboxylic acids is 2. The van der Waals surface area contributed by atoms with Crippen LogP contribution in [-0.2, 0) is 9.59 Å². The predicted octanol–water partition coefficient (Wildman–Crippen LogP) is 6.16. The molecule has 1 aliphatic rings. The number of hydrogen-bond acceptors (Lipinski definition) is 6. The normalized spacial score (nSPS) is 14.3. The highest BCUT2D eigenvalue weighted by molar-refractivity contribution is 8.27. The van der Waals surface area contributed by atoms with E-state index in [9.17, 15) is 9.59 Å². The highest BCUT2D eigenvalue weighted by atomic mass is 35.5. The molecular formula is C26H21ClN2O4S2. The second kappa shape index (κ2) is 11.4. The zero-order valence-electron chi connectivity index (χ0n) is 18.7. The number of amides is 2. The van der Waals surface area contributed by atoms with E-state index in [1.807, 2.05) is 19.1 Å². The quantitative estimate of drug-likeness (QED) is 0.281. The first-order chi connectivity index (χ1) is 16.9. The van der Waals surface area contributed by atoms with Gasteiger partial charge in [0.1, 0.15) is 11.5 Å². The van der Waals surface area contributed by atoms with Crippen molar-refractivity contribution < 1.29 is 19.1 Å². The molecule has 0 aliphatic carbocycles. The smallest absolute Gasteiger partial charge is 0.270 e. The van der Waals surface area contributed by atoms with Gasteiger partial charge < -0.3 is 14.8 Å². The third-order valence-corrected chi connectivity index (χ3v) is 6.41. The van der Waals surface area contributed by atoms with Crippen LogP contribution in [-0.4, -0.2) is 29.3 Å². The van der Waals surface area contributed by atoms with E-state index in [2.05, 4.69) is 5.32 Å². The summed E-state index contributed by atoms with van der Waals surface area (Å²) in [6.07, 6.45) is 1.72. The number of nitrogens with zero attached hydrogens (tertiary/aromatic N) is 1. The summed E-state index contributed by atoms with van der Waals surface area (Å²) in [5.74, 6) is 0.643. The second-order valence-electron chi connectivity index (χ2n) is 7.33. The molecule has 2 amide bonds. The van der Waals surface area contributed by atoms with Crippen LogP contribution >= 0.6 is 35.6 Å². The molecule has 0 atom stereocenters. The third kappa shape index (κ3) is 6.22. The Balaban J connectivity index is 1.46. The van der Waals surface area contributed by atoms with Gasteiger partial charge >= 0.3 is 0 Å². The predicted molar refractivity (Wildman–Crippen MR) is 145 cm³/mol. The third-order valence-electron chi connectivity index (χ3n) is 4.87. The lowest BCUT2D eigenvalue weighted by Gasteiger charge is -2.15. The number of hydrogen-bond donors (Lipinski definition) is 1. The molecule has 3 aromatic rings. The Labute approximate surface area is 217 Å². The van der Waals surface area contributed by atoms with Crippen LogP contribution in [0, 0.1) is 0 Å². The Bertz CT molecular complexity index is 1290. The number of anilines is 2. The van der Waals surface area contributed by atoms with Crippen LogP contribution < -0.4 is 19.7 Å². The van der Waals surface area contributed by atoms with E-state index in [1.165, 1.54) is 16.7 Å². The number of thioether (sulfide) groups is 1. The van der Waals surface area contributed by atoms with Crippen LogP contribution in [0.5, 0.6) is 11.5 Å². The number of halogens is 1. The van der Waals surface area contributed by atoms with Crippen LogP contribution in [0.25, 0.3) is 6.08 Å². The maximum atomic E-state index is 13.1. The highest BCUT2D eigenvalue weighted by Crippen LogP contribution is 2.37. The first-order valence-corrected chi connectivity index (χ1v) is 12.3. The molecular weight excluding hydrogens is 504 g/mol. The van der Waals surface area contributed by atoms with Crippen molar-refractivity contribution in [1.29, 1.82) is 0 Å². The van der Waals surface area contributed by atoms with Crippen LogP contribution in [0.4, 0.5) is 11.4 Å². The number of rotatable bonds is 8. The lowest BCUT2D eigenvalue weighted by atomic mass is 10.2. The monoisotopic (exact) mass is 524 g/mol. The molecule has 0 unspecified atom stereocenters. The molecule has 1 fully saturated rings. The zero-order chi connectivity index (χ0) is 24.8. The minimum atomic E-state index is -0.330. The molecule has 3 aromatic carbocycles. The van der Waals surface area contributed by atoms with E-state index in [-0.39, 0.29) is 18.4 Å². The van der Waals surface area contributed by atoms with E-state index in [1.54, 1.807) is 66.7 Å². The van der Waals surface area contributed by atoms with Crippen molar-refractivity contribution >= 4 is 69.2 Å². The summed E-state index contributed by atoms with van der Waals surface area (Å²) in [6, 6.07) is 21.3. The SMILES string of the molecule is CCOc1ccc(N2C(=O)/C(=C/c3ccccc3OCC(=O)Nc3cccc(Cl)c3)SC2=S)cc1. The molecule has 9 heteroatoms. The number of ether oxygens (including phenoxy) is 2. The molecule has 1 saturated heterocycles. The molecule has 0 spiro atoms. The van der Waals surface area contributed by atoms with Gasteiger partial charge in [0, 0.05) is 16.3 Å². The van der Waals surface area contributed by atoms with Crippen molar-refractivity contribution in [2.45, 2.75) is 6.92 Å². The Kier molecular flexibility index (Phi) is 8.07. The van der Waals surface area contributed by atoms with E-state index >= 15 is 0 Å². The van der Waals surface area contributed by atoms with Crippen molar-refractivity contribution in [3.05, 3.63) is 88.3 Å². The van der Waals surface area contributed by atoms with Gasteiger partial charge in [-0.25, -0.2) is 0 Å². The average molecular weight is 525 g/mol. The molecule has 4 rings (SSSR count). The van der Waals surface area contributed by atoms with Crippen molar-refractivity contribution in [3.63, 3.8) is 0 Å². The van der Waals surface area contributed by atoms with Crippen molar-refractivity contribution in [3.8, 4) is 11.5 Å². The van der Waals surface area contributed by atoms with Crippen molar-refractivity contribution in [2.24, 2.45) is 0 Å². The van der Waals surface area contributed by atoms with Gasteiger partial charge in [-0.3, -0.25) is 14.5 Å². The molecule has 1 N–H and O–H groups in total. The summed E-state index contributed by atoms with van der Waals surface area (Å²) < 4.78 is 11.7. The standard InChI is InChI=1S/C26H21ClN2O4S2/c1-2-32-21-12-10-20(11-13-21)29-25(31)23(35-26(29)34)14-17-6-3-4-9-22(17)33-16-24(30)28-19-8-5-7-18(27)15-19/h3-15H,2,16H2,1H3,(H,28,30)/b23-14-. The Morgan fingerprint density at radius 3 is 2.60 bits per heavy atom. The van der Waals surface area contributed by atoms with E-state index < -0.39 is 0 Å². The van der Waals surface area contributed by atoms with Crippen LogP contribution in [0.1, 0.15) is 12.5 Å². The lowest BCUT2D eigenvalue weighted by Crippen LogP contribution is -2.27. The van der Waals surface area contributed by atoms with Gasteiger partial charge in [-0.15, -0.1) is 0 Å². The lowest BCUT2D eigenvalue weighted by molar-refractivity contribution is -0.118. The van der Waals surface area contributed by atoms with Gasteiger partial charge in [0.15, 0.2) is 10.9 Å². The molecule has 35 heavy (non-hydrogen) atoms. The molecule has 0 radical (unpaired) electrons. The fourth-order valence-electron chi connectivity index (χ4n) is 3.33. The Morgan fingerprint density at radius 1 is 1.09 bits per heavy atom. The topological polar surface area (TPSA) is 67.9 Å². The van der Waals surface area contributed by atoms with E-state index in [0.717, 1.165) is 5.75 Å². The average Bonchev–Trinajstić information content (AvgIpc) is 3.12. The fourth-order valence-corrected chi connectivity index (χ4v) is 4.81. The van der Waals surface area contributed by atoms with E-state index in [0.29, 0.717) is 43.5 Å². The van der Waals surface area contributed by atoms with Crippen LogP contribution in [0.2, 0.25) is 5.02 Å². The van der Waals surface area contributed by atoms with Gasteiger partial charge in [0.05, 0.1) is 17.2 Å². The first-order valence-electron chi connectivity index (χ1n) is 10.7. The molecule has 1 aliphatic heterocycles. The Morgan fingerprint density at radius 2 is 1.86 bits per heavy atom. The summed E-state index contributed by atoms with van der Waals surface area (Å²) in [6.45, 7) is 2.27. The first kappa shape index (κ1) is 24.8. The summed E-state index contributed by atoms with van der Waals surface area (Å²) >= 11 is 12.6. The van der Waals surface area contributed by atoms with Crippen LogP contribution in [0.15, 0.2) is 77.7 Å². The fraction of sp³-hybridized carbons (Fsp3) is 0.115. The summed E-state index contributed by atoms with van der Waals surface area (Å²) in [4.78, 5) is 27.4. The number of carbonyl (C=O) groups is 2. The number of benzene rings is 3. The molecule has 0 bridgehead atoms. The Hall–Kier alpha value is -3.33. The summed E-state index contributed by atoms with van der Waals surface area (Å²) in [5.41, 5.74) is 1.91. The van der Waals surface area contributed by atoms with Gasteiger partial charge in [-0.1, -0.05) is 59.8 Å². The van der Waals surface area contributed by atoms with Crippen LogP contribution in [0.3, 0.4) is 0 Å². The zero-order valence-corrected chi connectivity index (χ0v) is 21.1.